The van der Waals surface area contributed by atoms with Crippen molar-refractivity contribution in [3.63, 3.8) is 0 Å². The fourth-order valence-corrected chi connectivity index (χ4v) is 3.20. The zero-order valence-electron chi connectivity index (χ0n) is 10.4. The van der Waals surface area contributed by atoms with Crippen LogP contribution in [-0.4, -0.2) is 56.6 Å². The molecule has 0 aromatic carbocycles. The number of phosphoric acid groups is 1. The highest BCUT2D eigenvalue weighted by Gasteiger charge is 2.63. The summed E-state index contributed by atoms with van der Waals surface area (Å²) in [5, 5.41) is 8.59. The SMILES string of the molecule is COC[C@@]12CO[C@H]([C@H](C)O1)[C@@H]2OP(=O)(OC)OO. The molecule has 0 aromatic rings. The van der Waals surface area contributed by atoms with Crippen LogP contribution in [0.1, 0.15) is 6.92 Å². The molecule has 0 spiro atoms. The number of hydrogen-bond acceptors (Lipinski definition) is 8. The van der Waals surface area contributed by atoms with Crippen LogP contribution in [0.4, 0.5) is 0 Å². The normalized spacial score (nSPS) is 42.1. The predicted octanol–water partition coefficient (Wildman–Crippen LogP) is 0.818. The standard InChI is InChI=1S/C9H17O8P/c1-6-7-8(16-18(11,13-3)17-10)9(15-6,4-12-2)5-14-7/h6-8,10H,4-5H2,1-3H3/t6-,7+,8-,9-,18?/m0/s1. The summed E-state index contributed by atoms with van der Waals surface area (Å²) in [6, 6.07) is 0. The third-order valence-corrected chi connectivity index (χ3v) is 4.31. The first-order valence-electron chi connectivity index (χ1n) is 5.46. The molecule has 0 aromatic heterocycles. The van der Waals surface area contributed by atoms with Crippen LogP contribution in [0, 0.1) is 0 Å². The van der Waals surface area contributed by atoms with Crippen molar-refractivity contribution in [2.45, 2.75) is 30.8 Å². The van der Waals surface area contributed by atoms with Crippen LogP contribution >= 0.6 is 7.82 Å². The van der Waals surface area contributed by atoms with Crippen molar-refractivity contribution in [2.24, 2.45) is 0 Å². The molecular weight excluding hydrogens is 267 g/mol. The van der Waals surface area contributed by atoms with Gasteiger partial charge in [-0.05, 0) is 6.92 Å². The first kappa shape index (κ1) is 14.4. The summed E-state index contributed by atoms with van der Waals surface area (Å²) < 4.78 is 41.7. The average molecular weight is 284 g/mol. The Morgan fingerprint density at radius 2 is 2.22 bits per heavy atom. The van der Waals surface area contributed by atoms with Gasteiger partial charge >= 0.3 is 7.82 Å². The minimum atomic E-state index is -4.02. The second kappa shape index (κ2) is 5.15. The van der Waals surface area contributed by atoms with E-state index in [0.717, 1.165) is 7.11 Å². The summed E-state index contributed by atoms with van der Waals surface area (Å²) in [6.07, 6.45) is -1.33. The lowest BCUT2D eigenvalue weighted by atomic mass is 10.00. The maximum Gasteiger partial charge on any atom is 0.502 e. The Labute approximate surface area is 105 Å². The van der Waals surface area contributed by atoms with E-state index in [1.807, 2.05) is 6.92 Å². The van der Waals surface area contributed by atoms with Gasteiger partial charge < -0.3 is 14.2 Å². The van der Waals surface area contributed by atoms with E-state index in [9.17, 15) is 4.57 Å². The second-order valence-electron chi connectivity index (χ2n) is 4.33. The molecule has 5 atom stereocenters. The van der Waals surface area contributed by atoms with Gasteiger partial charge in [-0.15, -0.1) is 4.67 Å². The molecule has 9 heteroatoms. The smallest absolute Gasteiger partial charge is 0.381 e. The number of methoxy groups -OCH3 is 1. The van der Waals surface area contributed by atoms with Crippen molar-refractivity contribution < 1.29 is 37.8 Å². The van der Waals surface area contributed by atoms with Crippen molar-refractivity contribution in [1.29, 1.82) is 0 Å². The Bertz CT molecular complexity index is 341. The van der Waals surface area contributed by atoms with Gasteiger partial charge in [0, 0.05) is 14.2 Å². The van der Waals surface area contributed by atoms with Gasteiger partial charge in [0.25, 0.3) is 0 Å². The Morgan fingerprint density at radius 3 is 2.72 bits per heavy atom. The van der Waals surface area contributed by atoms with E-state index >= 15 is 0 Å². The molecular formula is C9H17O8P. The number of rotatable bonds is 6. The summed E-state index contributed by atoms with van der Waals surface area (Å²) in [5.74, 6) is 0. The third kappa shape index (κ3) is 2.23. The van der Waals surface area contributed by atoms with Crippen LogP contribution in [0.5, 0.6) is 0 Å². The largest absolute Gasteiger partial charge is 0.502 e. The fourth-order valence-electron chi connectivity index (χ4n) is 2.42. The molecule has 0 amide bonds. The number of ether oxygens (including phenoxy) is 3. The zero-order chi connectivity index (χ0) is 13.4. The van der Waals surface area contributed by atoms with Gasteiger partial charge in [-0.1, -0.05) is 0 Å². The van der Waals surface area contributed by atoms with Crippen molar-refractivity contribution in [2.75, 3.05) is 27.4 Å². The predicted molar refractivity (Wildman–Crippen MR) is 58.1 cm³/mol. The summed E-state index contributed by atoms with van der Waals surface area (Å²) in [5.41, 5.74) is -0.856. The molecule has 2 rings (SSSR count). The van der Waals surface area contributed by atoms with Crippen LogP contribution in [0.15, 0.2) is 0 Å². The molecule has 106 valence electrons. The molecule has 0 aliphatic carbocycles. The molecule has 2 aliphatic heterocycles. The maximum atomic E-state index is 11.8. The Balaban J connectivity index is 2.18. The van der Waals surface area contributed by atoms with Gasteiger partial charge in [0.15, 0.2) is 0 Å². The van der Waals surface area contributed by atoms with Crippen LogP contribution in [0.3, 0.4) is 0 Å². The number of phosphoric ester groups is 1. The van der Waals surface area contributed by atoms with Crippen LogP contribution < -0.4 is 0 Å². The first-order valence-corrected chi connectivity index (χ1v) is 6.92. The van der Waals surface area contributed by atoms with Crippen molar-refractivity contribution in [3.05, 3.63) is 0 Å². The number of hydrogen-bond donors (Lipinski definition) is 1. The topological polar surface area (TPSA) is 92.7 Å². The molecule has 0 radical (unpaired) electrons. The van der Waals surface area contributed by atoms with Gasteiger partial charge in [0.1, 0.15) is 17.8 Å². The van der Waals surface area contributed by atoms with Gasteiger partial charge in [0.2, 0.25) is 0 Å². The first-order chi connectivity index (χ1) is 8.50. The lowest BCUT2D eigenvalue weighted by molar-refractivity contribution is -0.177. The molecule has 1 unspecified atom stereocenters. The monoisotopic (exact) mass is 284 g/mol. The number of fused-ring (bicyclic) bond motifs is 2. The highest BCUT2D eigenvalue weighted by atomic mass is 31.2. The van der Waals surface area contributed by atoms with E-state index in [0.29, 0.717) is 0 Å². The maximum absolute atomic E-state index is 11.8. The van der Waals surface area contributed by atoms with E-state index in [1.165, 1.54) is 7.11 Å². The van der Waals surface area contributed by atoms with Gasteiger partial charge in [-0.3, -0.25) is 9.05 Å². The Kier molecular flexibility index (Phi) is 4.10. The van der Waals surface area contributed by atoms with Crippen LogP contribution in [-0.2, 0) is 32.5 Å². The molecule has 2 fully saturated rings. The molecule has 2 heterocycles. The minimum Gasteiger partial charge on any atom is -0.381 e. The summed E-state index contributed by atoms with van der Waals surface area (Å²) >= 11 is 0. The zero-order valence-corrected chi connectivity index (χ0v) is 11.3. The summed E-state index contributed by atoms with van der Waals surface area (Å²) in [6.45, 7) is 2.29. The molecule has 0 saturated carbocycles. The highest BCUT2D eigenvalue weighted by Crippen LogP contribution is 2.54. The summed E-state index contributed by atoms with van der Waals surface area (Å²) in [7, 11) is -1.39. The molecule has 8 nitrogen and oxygen atoms in total. The second-order valence-corrected chi connectivity index (χ2v) is 5.97. The van der Waals surface area contributed by atoms with E-state index in [4.69, 9.17) is 24.0 Å². The lowest BCUT2D eigenvalue weighted by Crippen LogP contribution is -2.45. The highest BCUT2D eigenvalue weighted by molar-refractivity contribution is 7.48. The minimum absolute atomic E-state index is 0.216. The quantitative estimate of drug-likeness (QED) is 0.435. The third-order valence-electron chi connectivity index (χ3n) is 3.18. The van der Waals surface area contributed by atoms with Crippen LogP contribution in [0.25, 0.3) is 0 Å². The lowest BCUT2D eigenvalue weighted by Gasteiger charge is -2.30. The van der Waals surface area contributed by atoms with E-state index < -0.39 is 25.6 Å². The van der Waals surface area contributed by atoms with Crippen LogP contribution in [0.2, 0.25) is 0 Å². The van der Waals surface area contributed by atoms with Gasteiger partial charge in [-0.2, -0.15) is 0 Å². The van der Waals surface area contributed by atoms with Gasteiger partial charge in [0.05, 0.1) is 19.3 Å². The van der Waals surface area contributed by atoms with E-state index in [-0.39, 0.29) is 19.3 Å². The molecule has 2 aliphatic rings. The van der Waals surface area contributed by atoms with Crippen molar-refractivity contribution in [1.82, 2.24) is 0 Å². The van der Waals surface area contributed by atoms with E-state index in [1.54, 1.807) is 0 Å². The molecule has 2 saturated heterocycles. The molecule has 18 heavy (non-hydrogen) atoms. The molecule has 2 bridgehead atoms. The Morgan fingerprint density at radius 1 is 1.50 bits per heavy atom. The molecule has 1 N–H and O–H groups in total. The van der Waals surface area contributed by atoms with Crippen molar-refractivity contribution >= 4 is 7.82 Å². The average Bonchev–Trinajstić information content (AvgIpc) is 2.80. The van der Waals surface area contributed by atoms with E-state index in [2.05, 4.69) is 9.20 Å². The van der Waals surface area contributed by atoms with Gasteiger partial charge in [-0.25, -0.2) is 9.82 Å². The summed E-state index contributed by atoms with van der Waals surface area (Å²) in [4.78, 5) is 0. The fraction of sp³-hybridized carbons (Fsp3) is 1.00. The van der Waals surface area contributed by atoms with Crippen molar-refractivity contribution in [3.8, 4) is 0 Å². The Hall–Kier alpha value is -0.0500.